The number of aromatic carboxylic acids is 1. The van der Waals surface area contributed by atoms with E-state index < -0.39 is 23.6 Å². The van der Waals surface area contributed by atoms with E-state index in [0.717, 1.165) is 18.2 Å². The molecule has 0 fully saturated rings. The first-order chi connectivity index (χ1) is 9.78. The van der Waals surface area contributed by atoms with Crippen molar-refractivity contribution in [1.29, 1.82) is 0 Å². The standard InChI is InChI=1S/C13H8F3NO4/c14-13(15,16)21-10-4-2-1-3-7(10)8-5-6-9(12(19)20)17-11(8)18/h1-6H,(H,17,18)(H,19,20). The van der Waals surface area contributed by atoms with E-state index in [-0.39, 0.29) is 16.8 Å². The van der Waals surface area contributed by atoms with Gasteiger partial charge in [-0.15, -0.1) is 13.2 Å². The molecule has 8 heteroatoms. The summed E-state index contributed by atoms with van der Waals surface area (Å²) in [6, 6.07) is 7.30. The van der Waals surface area contributed by atoms with E-state index in [2.05, 4.69) is 9.72 Å². The largest absolute Gasteiger partial charge is 0.573 e. The minimum atomic E-state index is -4.90. The van der Waals surface area contributed by atoms with Gasteiger partial charge in [0.05, 0.1) is 5.56 Å². The van der Waals surface area contributed by atoms with E-state index >= 15 is 0 Å². The molecule has 1 aromatic carbocycles. The molecule has 2 aromatic rings. The third kappa shape index (κ3) is 3.41. The van der Waals surface area contributed by atoms with Crippen LogP contribution in [0, 0.1) is 0 Å². The lowest BCUT2D eigenvalue weighted by molar-refractivity contribution is -0.274. The molecule has 0 atom stereocenters. The van der Waals surface area contributed by atoms with Gasteiger partial charge >= 0.3 is 12.3 Å². The number of ether oxygens (including phenoxy) is 1. The van der Waals surface area contributed by atoms with Crippen LogP contribution in [-0.4, -0.2) is 22.4 Å². The number of para-hydroxylation sites is 1. The molecular formula is C13H8F3NO4. The van der Waals surface area contributed by atoms with Crippen molar-refractivity contribution in [3.05, 3.63) is 52.4 Å². The van der Waals surface area contributed by atoms with Crippen molar-refractivity contribution in [3.8, 4) is 16.9 Å². The Labute approximate surface area is 115 Å². The van der Waals surface area contributed by atoms with Crippen molar-refractivity contribution in [2.24, 2.45) is 0 Å². The fourth-order valence-corrected chi connectivity index (χ4v) is 1.71. The van der Waals surface area contributed by atoms with Gasteiger partial charge in [0.25, 0.3) is 5.56 Å². The number of rotatable bonds is 3. The van der Waals surface area contributed by atoms with E-state index in [4.69, 9.17) is 5.11 Å². The number of pyridine rings is 1. The Balaban J connectivity index is 2.53. The summed E-state index contributed by atoms with van der Waals surface area (Å²) in [6.45, 7) is 0. The predicted octanol–water partition coefficient (Wildman–Crippen LogP) is 2.64. The van der Waals surface area contributed by atoms with Gasteiger partial charge in [-0.2, -0.15) is 0 Å². The molecule has 110 valence electrons. The summed E-state index contributed by atoms with van der Waals surface area (Å²) >= 11 is 0. The molecule has 0 spiro atoms. The Bertz CT molecular complexity index is 737. The van der Waals surface area contributed by atoms with Crippen molar-refractivity contribution >= 4 is 5.97 Å². The van der Waals surface area contributed by atoms with Gasteiger partial charge in [-0.25, -0.2) is 4.79 Å². The minimum absolute atomic E-state index is 0.0898. The zero-order chi connectivity index (χ0) is 15.6. The molecular weight excluding hydrogens is 291 g/mol. The number of halogens is 3. The second kappa shape index (κ2) is 5.31. The normalized spacial score (nSPS) is 11.2. The molecule has 0 aliphatic carbocycles. The zero-order valence-corrected chi connectivity index (χ0v) is 10.3. The minimum Gasteiger partial charge on any atom is -0.477 e. The van der Waals surface area contributed by atoms with Crippen molar-refractivity contribution in [1.82, 2.24) is 4.98 Å². The lowest BCUT2D eigenvalue weighted by Crippen LogP contribution is -2.19. The van der Waals surface area contributed by atoms with Crippen LogP contribution >= 0.6 is 0 Å². The van der Waals surface area contributed by atoms with Crippen molar-refractivity contribution in [3.63, 3.8) is 0 Å². The van der Waals surface area contributed by atoms with Crippen molar-refractivity contribution in [2.45, 2.75) is 6.36 Å². The Morgan fingerprint density at radius 3 is 2.33 bits per heavy atom. The number of carbonyl (C=O) groups is 1. The molecule has 1 aromatic heterocycles. The van der Waals surface area contributed by atoms with E-state index in [9.17, 15) is 22.8 Å². The summed E-state index contributed by atoms with van der Waals surface area (Å²) in [5.74, 6) is -1.89. The van der Waals surface area contributed by atoms with Crippen LogP contribution in [-0.2, 0) is 0 Å². The smallest absolute Gasteiger partial charge is 0.477 e. The van der Waals surface area contributed by atoms with Gasteiger partial charge in [0, 0.05) is 5.56 Å². The summed E-state index contributed by atoms with van der Waals surface area (Å²) in [6.07, 6.45) is -4.90. The highest BCUT2D eigenvalue weighted by Gasteiger charge is 2.32. The number of carboxylic acid groups (broad SMARTS) is 1. The van der Waals surface area contributed by atoms with Crippen LogP contribution in [0.25, 0.3) is 11.1 Å². The third-order valence-corrected chi connectivity index (χ3v) is 2.54. The quantitative estimate of drug-likeness (QED) is 0.913. The number of aromatic nitrogens is 1. The summed E-state index contributed by atoms with van der Waals surface area (Å²) < 4.78 is 40.8. The highest BCUT2D eigenvalue weighted by atomic mass is 19.4. The molecule has 2 rings (SSSR count). The first-order valence-electron chi connectivity index (χ1n) is 5.60. The predicted molar refractivity (Wildman–Crippen MR) is 66.1 cm³/mol. The maximum Gasteiger partial charge on any atom is 0.573 e. The van der Waals surface area contributed by atoms with Crippen LogP contribution in [0.3, 0.4) is 0 Å². The van der Waals surface area contributed by atoms with Gasteiger partial charge in [0.2, 0.25) is 0 Å². The molecule has 0 bridgehead atoms. The Hall–Kier alpha value is -2.77. The van der Waals surface area contributed by atoms with Crippen LogP contribution < -0.4 is 10.3 Å². The molecule has 0 amide bonds. The first-order valence-corrected chi connectivity index (χ1v) is 5.60. The fraction of sp³-hybridized carbons (Fsp3) is 0.0769. The first kappa shape index (κ1) is 14.6. The van der Waals surface area contributed by atoms with Gasteiger partial charge in [0.15, 0.2) is 0 Å². The Morgan fingerprint density at radius 1 is 1.10 bits per heavy atom. The molecule has 21 heavy (non-hydrogen) atoms. The fourth-order valence-electron chi connectivity index (χ4n) is 1.71. The third-order valence-electron chi connectivity index (χ3n) is 2.54. The highest BCUT2D eigenvalue weighted by Crippen LogP contribution is 2.31. The second-order valence-corrected chi connectivity index (χ2v) is 3.96. The lowest BCUT2D eigenvalue weighted by Gasteiger charge is -2.12. The van der Waals surface area contributed by atoms with Crippen LogP contribution in [0.1, 0.15) is 10.5 Å². The summed E-state index contributed by atoms with van der Waals surface area (Å²) in [7, 11) is 0. The van der Waals surface area contributed by atoms with Crippen molar-refractivity contribution < 1.29 is 27.8 Å². The van der Waals surface area contributed by atoms with E-state index in [1.165, 1.54) is 18.2 Å². The molecule has 5 nitrogen and oxygen atoms in total. The SMILES string of the molecule is O=C(O)c1ccc(-c2ccccc2OC(F)(F)F)c(=O)[nH]1. The number of nitrogens with one attached hydrogen (secondary N) is 1. The van der Waals surface area contributed by atoms with Gasteiger partial charge in [-0.05, 0) is 18.2 Å². The van der Waals surface area contributed by atoms with Gasteiger partial charge < -0.3 is 14.8 Å². The van der Waals surface area contributed by atoms with E-state index in [0.29, 0.717) is 0 Å². The number of hydrogen-bond acceptors (Lipinski definition) is 3. The molecule has 0 radical (unpaired) electrons. The maximum atomic E-state index is 12.3. The van der Waals surface area contributed by atoms with E-state index in [1.807, 2.05) is 0 Å². The molecule has 0 aliphatic heterocycles. The summed E-state index contributed by atoms with van der Waals surface area (Å²) in [5.41, 5.74) is -1.40. The monoisotopic (exact) mass is 299 g/mol. The summed E-state index contributed by atoms with van der Waals surface area (Å²) in [5, 5.41) is 8.73. The van der Waals surface area contributed by atoms with Crippen LogP contribution in [0.5, 0.6) is 5.75 Å². The van der Waals surface area contributed by atoms with Gasteiger partial charge in [0.1, 0.15) is 11.4 Å². The molecule has 0 unspecified atom stereocenters. The zero-order valence-electron chi connectivity index (χ0n) is 10.3. The van der Waals surface area contributed by atoms with Gasteiger partial charge in [-0.1, -0.05) is 18.2 Å². The average molecular weight is 299 g/mol. The maximum absolute atomic E-state index is 12.3. The molecule has 0 saturated carbocycles. The number of carboxylic acids is 1. The number of benzene rings is 1. The summed E-state index contributed by atoms with van der Waals surface area (Å²) in [4.78, 5) is 24.6. The van der Waals surface area contributed by atoms with E-state index in [1.54, 1.807) is 0 Å². The van der Waals surface area contributed by atoms with Gasteiger partial charge in [-0.3, -0.25) is 4.79 Å². The van der Waals surface area contributed by atoms with Crippen LogP contribution in [0.4, 0.5) is 13.2 Å². The molecule has 2 N–H and O–H groups in total. The molecule has 0 aliphatic rings. The topological polar surface area (TPSA) is 79.4 Å². The Morgan fingerprint density at radius 2 is 1.76 bits per heavy atom. The average Bonchev–Trinajstić information content (AvgIpc) is 2.37. The second-order valence-electron chi connectivity index (χ2n) is 3.96. The number of alkyl halides is 3. The van der Waals surface area contributed by atoms with Crippen molar-refractivity contribution in [2.75, 3.05) is 0 Å². The highest BCUT2D eigenvalue weighted by molar-refractivity contribution is 5.86. The number of aromatic amines is 1. The lowest BCUT2D eigenvalue weighted by atomic mass is 10.1. The van der Waals surface area contributed by atoms with Crippen LogP contribution in [0.15, 0.2) is 41.2 Å². The number of hydrogen-bond donors (Lipinski definition) is 2. The Kier molecular flexibility index (Phi) is 3.70. The van der Waals surface area contributed by atoms with Crippen LogP contribution in [0.2, 0.25) is 0 Å². The molecule has 1 heterocycles. The molecule has 0 saturated heterocycles. The number of H-pyrrole nitrogens is 1.